The van der Waals surface area contributed by atoms with Gasteiger partial charge < -0.3 is 19.9 Å². The van der Waals surface area contributed by atoms with Crippen LogP contribution in [0.3, 0.4) is 0 Å². The van der Waals surface area contributed by atoms with E-state index in [9.17, 15) is 4.79 Å². The Bertz CT molecular complexity index is 447. The standard InChI is InChI=1S/C14H19NO4/c1-2-11(14(17)15-5-6-16)7-10-3-4-12-13(8-10)19-9-18-12/h3-4,8,11,16H,2,5-7,9H2,1H3,(H,15,17). The molecular formula is C14H19NO4. The zero-order valence-corrected chi connectivity index (χ0v) is 11.0. The van der Waals surface area contributed by atoms with Gasteiger partial charge >= 0.3 is 0 Å². The van der Waals surface area contributed by atoms with Crippen LogP contribution in [0.1, 0.15) is 18.9 Å². The minimum absolute atomic E-state index is 0.0192. The Balaban J connectivity index is 2.00. The van der Waals surface area contributed by atoms with Gasteiger partial charge in [-0.25, -0.2) is 0 Å². The molecule has 0 aliphatic carbocycles. The monoisotopic (exact) mass is 265 g/mol. The number of aliphatic hydroxyl groups is 1. The maximum absolute atomic E-state index is 11.9. The lowest BCUT2D eigenvalue weighted by atomic mass is 9.96. The molecule has 1 atom stereocenters. The van der Waals surface area contributed by atoms with Gasteiger partial charge in [-0.15, -0.1) is 0 Å². The lowest BCUT2D eigenvalue weighted by Crippen LogP contribution is -2.33. The molecule has 1 amide bonds. The molecule has 1 heterocycles. The van der Waals surface area contributed by atoms with Crippen LogP contribution in [0.2, 0.25) is 0 Å². The number of fused-ring (bicyclic) bond motifs is 1. The number of benzene rings is 1. The highest BCUT2D eigenvalue weighted by Gasteiger charge is 2.19. The molecule has 5 nitrogen and oxygen atoms in total. The lowest BCUT2D eigenvalue weighted by molar-refractivity contribution is -0.125. The fourth-order valence-electron chi connectivity index (χ4n) is 2.10. The van der Waals surface area contributed by atoms with Crippen molar-refractivity contribution in [1.29, 1.82) is 0 Å². The second-order valence-corrected chi connectivity index (χ2v) is 4.51. The molecule has 5 heteroatoms. The molecule has 0 saturated carbocycles. The second-order valence-electron chi connectivity index (χ2n) is 4.51. The molecule has 19 heavy (non-hydrogen) atoms. The molecular weight excluding hydrogens is 246 g/mol. The summed E-state index contributed by atoms with van der Waals surface area (Å²) < 4.78 is 10.6. The number of carbonyl (C=O) groups excluding carboxylic acids is 1. The van der Waals surface area contributed by atoms with Gasteiger partial charge in [0.25, 0.3) is 0 Å². The molecule has 0 spiro atoms. The number of amides is 1. The summed E-state index contributed by atoms with van der Waals surface area (Å²) in [5, 5.41) is 11.4. The highest BCUT2D eigenvalue weighted by atomic mass is 16.7. The predicted molar refractivity (Wildman–Crippen MR) is 70.1 cm³/mol. The molecule has 0 bridgehead atoms. The van der Waals surface area contributed by atoms with Crippen LogP contribution >= 0.6 is 0 Å². The first kappa shape index (κ1) is 13.7. The fraction of sp³-hybridized carbons (Fsp3) is 0.500. The topological polar surface area (TPSA) is 67.8 Å². The third-order valence-electron chi connectivity index (χ3n) is 3.19. The van der Waals surface area contributed by atoms with Crippen LogP contribution in [-0.4, -0.2) is 31.0 Å². The van der Waals surface area contributed by atoms with Crippen molar-refractivity contribution >= 4 is 5.91 Å². The molecule has 2 rings (SSSR count). The largest absolute Gasteiger partial charge is 0.454 e. The number of nitrogens with one attached hydrogen (secondary N) is 1. The maximum atomic E-state index is 11.9. The molecule has 0 aromatic heterocycles. The van der Waals surface area contributed by atoms with Gasteiger partial charge in [-0.1, -0.05) is 13.0 Å². The average molecular weight is 265 g/mol. The van der Waals surface area contributed by atoms with E-state index in [1.165, 1.54) is 0 Å². The van der Waals surface area contributed by atoms with E-state index in [2.05, 4.69) is 5.32 Å². The number of carbonyl (C=O) groups is 1. The van der Waals surface area contributed by atoms with Crippen LogP contribution in [0.4, 0.5) is 0 Å². The smallest absolute Gasteiger partial charge is 0.231 e. The summed E-state index contributed by atoms with van der Waals surface area (Å²) in [6, 6.07) is 5.75. The number of aliphatic hydroxyl groups excluding tert-OH is 1. The Kier molecular flexibility index (Phi) is 4.63. The van der Waals surface area contributed by atoms with Gasteiger partial charge in [0.1, 0.15) is 0 Å². The van der Waals surface area contributed by atoms with E-state index >= 15 is 0 Å². The van der Waals surface area contributed by atoms with Crippen molar-refractivity contribution in [2.24, 2.45) is 5.92 Å². The van der Waals surface area contributed by atoms with Gasteiger partial charge in [0.15, 0.2) is 11.5 Å². The van der Waals surface area contributed by atoms with E-state index in [4.69, 9.17) is 14.6 Å². The van der Waals surface area contributed by atoms with Gasteiger partial charge in [-0.2, -0.15) is 0 Å². The fourth-order valence-corrected chi connectivity index (χ4v) is 2.10. The second kappa shape index (κ2) is 6.43. The van der Waals surface area contributed by atoms with E-state index in [-0.39, 0.29) is 25.2 Å². The SMILES string of the molecule is CCC(Cc1ccc2c(c1)OCO2)C(=O)NCCO. The van der Waals surface area contributed by atoms with E-state index < -0.39 is 0 Å². The Morgan fingerprint density at radius 3 is 2.95 bits per heavy atom. The Hall–Kier alpha value is -1.75. The van der Waals surface area contributed by atoms with Crippen LogP contribution in [0, 0.1) is 5.92 Å². The third-order valence-corrected chi connectivity index (χ3v) is 3.19. The van der Waals surface area contributed by atoms with Gasteiger partial charge in [0.05, 0.1) is 6.61 Å². The number of hydrogen-bond donors (Lipinski definition) is 2. The molecule has 0 saturated heterocycles. The zero-order valence-electron chi connectivity index (χ0n) is 11.0. The summed E-state index contributed by atoms with van der Waals surface area (Å²) in [6.45, 7) is 2.51. The first-order valence-corrected chi connectivity index (χ1v) is 6.51. The average Bonchev–Trinajstić information content (AvgIpc) is 2.89. The Labute approximate surface area is 112 Å². The van der Waals surface area contributed by atoms with E-state index in [0.29, 0.717) is 13.0 Å². The minimum atomic E-state index is -0.0908. The quantitative estimate of drug-likeness (QED) is 0.808. The predicted octanol–water partition coefficient (Wildman–Crippen LogP) is 1.09. The van der Waals surface area contributed by atoms with E-state index in [0.717, 1.165) is 23.5 Å². The van der Waals surface area contributed by atoms with Crippen LogP contribution in [0.15, 0.2) is 18.2 Å². The molecule has 2 N–H and O–H groups in total. The molecule has 104 valence electrons. The van der Waals surface area contributed by atoms with Crippen molar-refractivity contribution in [2.45, 2.75) is 19.8 Å². The molecule has 0 fully saturated rings. The highest BCUT2D eigenvalue weighted by molar-refractivity contribution is 5.78. The van der Waals surface area contributed by atoms with Crippen molar-refractivity contribution in [3.63, 3.8) is 0 Å². The maximum Gasteiger partial charge on any atom is 0.231 e. The Morgan fingerprint density at radius 2 is 2.21 bits per heavy atom. The summed E-state index contributed by atoms with van der Waals surface area (Å²) in [4.78, 5) is 11.9. The summed E-state index contributed by atoms with van der Waals surface area (Å²) in [5.74, 6) is 1.38. The lowest BCUT2D eigenvalue weighted by Gasteiger charge is -2.14. The summed E-state index contributed by atoms with van der Waals surface area (Å²) >= 11 is 0. The molecule has 1 aliphatic heterocycles. The number of hydrogen-bond acceptors (Lipinski definition) is 4. The Morgan fingerprint density at radius 1 is 1.42 bits per heavy atom. The summed E-state index contributed by atoms with van der Waals surface area (Å²) in [6.07, 6.45) is 1.41. The van der Waals surface area contributed by atoms with E-state index in [1.54, 1.807) is 0 Å². The molecule has 1 unspecified atom stereocenters. The number of rotatable bonds is 6. The first-order chi connectivity index (χ1) is 9.24. The zero-order chi connectivity index (χ0) is 13.7. The van der Waals surface area contributed by atoms with Gasteiger partial charge in [0.2, 0.25) is 12.7 Å². The minimum Gasteiger partial charge on any atom is -0.454 e. The van der Waals surface area contributed by atoms with Crippen LogP contribution in [0.5, 0.6) is 11.5 Å². The molecule has 0 radical (unpaired) electrons. The third kappa shape index (κ3) is 3.38. The number of ether oxygens (including phenoxy) is 2. The van der Waals surface area contributed by atoms with E-state index in [1.807, 2.05) is 25.1 Å². The van der Waals surface area contributed by atoms with Gasteiger partial charge in [-0.05, 0) is 30.5 Å². The van der Waals surface area contributed by atoms with Crippen LogP contribution in [-0.2, 0) is 11.2 Å². The van der Waals surface area contributed by atoms with Gasteiger partial charge in [0, 0.05) is 12.5 Å². The normalized spacial score (nSPS) is 14.2. The summed E-state index contributed by atoms with van der Waals surface area (Å²) in [7, 11) is 0. The highest BCUT2D eigenvalue weighted by Crippen LogP contribution is 2.33. The molecule has 1 aromatic carbocycles. The van der Waals surface area contributed by atoms with Gasteiger partial charge in [-0.3, -0.25) is 4.79 Å². The van der Waals surface area contributed by atoms with Crippen LogP contribution < -0.4 is 14.8 Å². The van der Waals surface area contributed by atoms with Crippen molar-refractivity contribution in [2.75, 3.05) is 19.9 Å². The van der Waals surface area contributed by atoms with Crippen molar-refractivity contribution in [3.05, 3.63) is 23.8 Å². The first-order valence-electron chi connectivity index (χ1n) is 6.51. The van der Waals surface area contributed by atoms with Crippen LogP contribution in [0.25, 0.3) is 0 Å². The molecule has 1 aliphatic rings. The molecule has 1 aromatic rings. The van der Waals surface area contributed by atoms with Crippen molar-refractivity contribution in [3.8, 4) is 11.5 Å². The summed E-state index contributed by atoms with van der Waals surface area (Å²) in [5.41, 5.74) is 1.05. The van der Waals surface area contributed by atoms with Crippen molar-refractivity contribution in [1.82, 2.24) is 5.32 Å². The van der Waals surface area contributed by atoms with Crippen molar-refractivity contribution < 1.29 is 19.4 Å².